The van der Waals surface area contributed by atoms with E-state index in [4.69, 9.17) is 5.11 Å². The van der Waals surface area contributed by atoms with Gasteiger partial charge in [-0.2, -0.15) is 0 Å². The first kappa shape index (κ1) is 13.5. The third kappa shape index (κ3) is 3.08. The van der Waals surface area contributed by atoms with Gasteiger partial charge in [-0.15, -0.1) is 0 Å². The highest BCUT2D eigenvalue weighted by molar-refractivity contribution is 9.10. The van der Waals surface area contributed by atoms with E-state index in [2.05, 4.69) is 21.2 Å². The third-order valence-electron chi connectivity index (χ3n) is 2.39. The van der Waals surface area contributed by atoms with E-state index in [1.165, 1.54) is 24.3 Å². The van der Waals surface area contributed by atoms with E-state index < -0.39 is 17.5 Å². The molecule has 0 saturated carbocycles. The molecule has 0 aliphatic heterocycles. The standard InChI is InChI=1S/C13H8BrF2NO2/c14-9-5-12(11(16)6-10(9)15)17-13(19)7-1-3-8(18)4-2-7/h1-6,18H,(H,17,19). The molecule has 98 valence electrons. The smallest absolute Gasteiger partial charge is 0.255 e. The molecule has 2 aromatic carbocycles. The van der Waals surface area contributed by atoms with Crippen LogP contribution in [0.25, 0.3) is 0 Å². The van der Waals surface area contributed by atoms with E-state index in [9.17, 15) is 13.6 Å². The predicted octanol–water partition coefficient (Wildman–Crippen LogP) is 3.69. The number of nitrogens with one attached hydrogen (secondary N) is 1. The Morgan fingerprint density at radius 3 is 2.37 bits per heavy atom. The van der Waals surface area contributed by atoms with Gasteiger partial charge in [0.1, 0.15) is 17.4 Å². The summed E-state index contributed by atoms with van der Waals surface area (Å²) < 4.78 is 26.5. The van der Waals surface area contributed by atoms with Crippen LogP contribution in [0.15, 0.2) is 40.9 Å². The highest BCUT2D eigenvalue weighted by Gasteiger charge is 2.12. The predicted molar refractivity (Wildman–Crippen MR) is 70.1 cm³/mol. The Morgan fingerprint density at radius 1 is 1.11 bits per heavy atom. The Bertz CT molecular complexity index is 629. The average Bonchev–Trinajstić information content (AvgIpc) is 2.36. The summed E-state index contributed by atoms with van der Waals surface area (Å²) in [5.74, 6) is -2.15. The van der Waals surface area contributed by atoms with Gasteiger partial charge in [-0.25, -0.2) is 8.78 Å². The fourth-order valence-corrected chi connectivity index (χ4v) is 1.77. The summed E-state index contributed by atoms with van der Waals surface area (Å²) in [7, 11) is 0. The van der Waals surface area contributed by atoms with Gasteiger partial charge in [-0.1, -0.05) is 0 Å². The van der Waals surface area contributed by atoms with Crippen molar-refractivity contribution in [2.75, 3.05) is 5.32 Å². The lowest BCUT2D eigenvalue weighted by atomic mass is 10.2. The normalized spacial score (nSPS) is 10.3. The minimum atomic E-state index is -0.868. The molecule has 0 unspecified atom stereocenters. The van der Waals surface area contributed by atoms with E-state index in [-0.39, 0.29) is 21.5 Å². The first-order valence-electron chi connectivity index (χ1n) is 5.22. The summed E-state index contributed by atoms with van der Waals surface area (Å²) in [6, 6.07) is 7.28. The summed E-state index contributed by atoms with van der Waals surface area (Å²) in [5, 5.41) is 11.4. The van der Waals surface area contributed by atoms with Crippen LogP contribution in [0.1, 0.15) is 10.4 Å². The Morgan fingerprint density at radius 2 is 1.74 bits per heavy atom. The highest BCUT2D eigenvalue weighted by Crippen LogP contribution is 2.24. The van der Waals surface area contributed by atoms with Gasteiger partial charge in [0.15, 0.2) is 0 Å². The van der Waals surface area contributed by atoms with Gasteiger partial charge in [0.25, 0.3) is 5.91 Å². The second kappa shape index (κ2) is 5.36. The second-order valence-electron chi connectivity index (χ2n) is 3.75. The summed E-state index contributed by atoms with van der Waals surface area (Å²) in [6.07, 6.45) is 0. The van der Waals surface area contributed by atoms with Gasteiger partial charge < -0.3 is 10.4 Å². The van der Waals surface area contributed by atoms with Crippen molar-refractivity contribution in [1.82, 2.24) is 0 Å². The number of hydrogen-bond acceptors (Lipinski definition) is 2. The van der Waals surface area contributed by atoms with E-state index in [1.807, 2.05) is 0 Å². The van der Waals surface area contributed by atoms with Crippen LogP contribution in [0.3, 0.4) is 0 Å². The Labute approximate surface area is 116 Å². The average molecular weight is 328 g/mol. The fraction of sp³-hybridized carbons (Fsp3) is 0. The molecule has 0 fully saturated rings. The molecule has 2 aromatic rings. The van der Waals surface area contributed by atoms with Gasteiger partial charge in [0.05, 0.1) is 10.2 Å². The molecule has 0 aromatic heterocycles. The molecule has 0 spiro atoms. The van der Waals surface area contributed by atoms with Gasteiger partial charge in [0.2, 0.25) is 0 Å². The minimum Gasteiger partial charge on any atom is -0.508 e. The van der Waals surface area contributed by atoms with E-state index in [0.717, 1.165) is 6.07 Å². The maximum Gasteiger partial charge on any atom is 0.255 e. The minimum absolute atomic E-state index is 0.0206. The van der Waals surface area contributed by atoms with Crippen molar-refractivity contribution < 1.29 is 18.7 Å². The van der Waals surface area contributed by atoms with Crippen LogP contribution in [0, 0.1) is 11.6 Å². The molecule has 19 heavy (non-hydrogen) atoms. The zero-order valence-electron chi connectivity index (χ0n) is 9.45. The number of benzene rings is 2. The lowest BCUT2D eigenvalue weighted by Crippen LogP contribution is -2.13. The summed E-state index contributed by atoms with van der Waals surface area (Å²) >= 11 is 2.91. The van der Waals surface area contributed by atoms with Crippen LogP contribution in [-0.2, 0) is 0 Å². The molecule has 0 aliphatic rings. The number of halogens is 3. The number of anilines is 1. The Hall–Kier alpha value is -1.95. The number of amides is 1. The van der Waals surface area contributed by atoms with E-state index in [0.29, 0.717) is 6.07 Å². The number of phenols is 1. The molecular formula is C13H8BrF2NO2. The fourth-order valence-electron chi connectivity index (χ4n) is 1.43. The van der Waals surface area contributed by atoms with Crippen molar-refractivity contribution in [2.45, 2.75) is 0 Å². The SMILES string of the molecule is O=C(Nc1cc(Br)c(F)cc1F)c1ccc(O)cc1. The van der Waals surface area contributed by atoms with Gasteiger partial charge >= 0.3 is 0 Å². The lowest BCUT2D eigenvalue weighted by Gasteiger charge is -2.07. The van der Waals surface area contributed by atoms with Crippen molar-refractivity contribution in [2.24, 2.45) is 0 Å². The van der Waals surface area contributed by atoms with Crippen LogP contribution in [-0.4, -0.2) is 11.0 Å². The van der Waals surface area contributed by atoms with Gasteiger partial charge in [-0.05, 0) is 46.3 Å². The largest absolute Gasteiger partial charge is 0.508 e. The molecule has 0 heterocycles. The van der Waals surface area contributed by atoms with Crippen LogP contribution < -0.4 is 5.32 Å². The summed E-state index contributed by atoms with van der Waals surface area (Å²) in [5.41, 5.74) is 0.115. The number of carbonyl (C=O) groups excluding carboxylic acids is 1. The molecule has 0 bridgehead atoms. The molecule has 2 rings (SSSR count). The van der Waals surface area contributed by atoms with Crippen molar-refractivity contribution in [1.29, 1.82) is 0 Å². The summed E-state index contributed by atoms with van der Waals surface area (Å²) in [6.45, 7) is 0. The molecule has 0 radical (unpaired) electrons. The zero-order chi connectivity index (χ0) is 14.0. The van der Waals surface area contributed by atoms with Crippen LogP contribution in [0.2, 0.25) is 0 Å². The van der Waals surface area contributed by atoms with Crippen molar-refractivity contribution >= 4 is 27.5 Å². The van der Waals surface area contributed by atoms with Crippen molar-refractivity contribution in [3.8, 4) is 5.75 Å². The number of carbonyl (C=O) groups is 1. The lowest BCUT2D eigenvalue weighted by molar-refractivity contribution is 0.102. The zero-order valence-corrected chi connectivity index (χ0v) is 11.0. The number of hydrogen-bond donors (Lipinski definition) is 2. The van der Waals surface area contributed by atoms with E-state index in [1.54, 1.807) is 0 Å². The van der Waals surface area contributed by atoms with Crippen LogP contribution >= 0.6 is 15.9 Å². The molecular weight excluding hydrogens is 320 g/mol. The van der Waals surface area contributed by atoms with Gasteiger partial charge in [-0.3, -0.25) is 4.79 Å². The molecule has 3 nitrogen and oxygen atoms in total. The highest BCUT2D eigenvalue weighted by atomic mass is 79.9. The van der Waals surface area contributed by atoms with Crippen molar-refractivity contribution in [3.05, 3.63) is 58.1 Å². The van der Waals surface area contributed by atoms with E-state index >= 15 is 0 Å². The van der Waals surface area contributed by atoms with Gasteiger partial charge in [0, 0.05) is 11.6 Å². The van der Waals surface area contributed by atoms with Crippen LogP contribution in [0.4, 0.5) is 14.5 Å². The third-order valence-corrected chi connectivity index (χ3v) is 3.00. The monoisotopic (exact) mass is 327 g/mol. The Balaban J connectivity index is 2.24. The topological polar surface area (TPSA) is 49.3 Å². The maximum absolute atomic E-state index is 13.5. The molecule has 0 saturated heterocycles. The van der Waals surface area contributed by atoms with Crippen molar-refractivity contribution in [3.63, 3.8) is 0 Å². The first-order valence-corrected chi connectivity index (χ1v) is 6.01. The first-order chi connectivity index (χ1) is 8.97. The number of aromatic hydroxyl groups is 1. The second-order valence-corrected chi connectivity index (χ2v) is 4.60. The Kier molecular flexibility index (Phi) is 3.80. The molecule has 1 amide bonds. The number of phenolic OH excluding ortho intramolecular Hbond substituents is 1. The summed E-state index contributed by atoms with van der Waals surface area (Å²) in [4.78, 5) is 11.8. The maximum atomic E-state index is 13.5. The molecule has 2 N–H and O–H groups in total. The van der Waals surface area contributed by atoms with Crippen LogP contribution in [0.5, 0.6) is 5.75 Å². The molecule has 6 heteroatoms. The molecule has 0 atom stereocenters. The quantitative estimate of drug-likeness (QED) is 0.826. The molecule has 0 aliphatic carbocycles. The number of rotatable bonds is 2.